The van der Waals surface area contributed by atoms with Gasteiger partial charge in [-0.2, -0.15) is 5.10 Å². The second-order valence-electron chi connectivity index (χ2n) is 3.83. The SMILES string of the molecule is O=[N+]([O-])c1ccc(N/N=C(\Br)c2cccc(Br)c2)cc1. The quantitative estimate of drug-likeness (QED) is 0.467. The molecule has 0 heterocycles. The van der Waals surface area contributed by atoms with Crippen molar-refractivity contribution in [2.75, 3.05) is 5.43 Å². The van der Waals surface area contributed by atoms with E-state index in [0.29, 0.717) is 10.3 Å². The van der Waals surface area contributed by atoms with Crippen LogP contribution in [-0.4, -0.2) is 9.54 Å². The summed E-state index contributed by atoms with van der Waals surface area (Å²) in [6.07, 6.45) is 0. The normalized spacial score (nSPS) is 11.2. The maximum absolute atomic E-state index is 10.5. The van der Waals surface area contributed by atoms with Gasteiger partial charge in [0.25, 0.3) is 5.69 Å². The third-order valence-corrected chi connectivity index (χ3v) is 3.55. The Kier molecular flexibility index (Phi) is 4.86. The highest BCUT2D eigenvalue weighted by atomic mass is 79.9. The number of nitro groups is 1. The summed E-state index contributed by atoms with van der Waals surface area (Å²) in [6.45, 7) is 0. The first kappa shape index (κ1) is 14.7. The van der Waals surface area contributed by atoms with Crippen molar-refractivity contribution in [2.24, 2.45) is 5.10 Å². The van der Waals surface area contributed by atoms with Crippen molar-refractivity contribution in [1.29, 1.82) is 0 Å². The van der Waals surface area contributed by atoms with Gasteiger partial charge in [-0.05, 0) is 40.2 Å². The van der Waals surface area contributed by atoms with Crippen LogP contribution in [0.3, 0.4) is 0 Å². The minimum Gasteiger partial charge on any atom is -0.277 e. The lowest BCUT2D eigenvalue weighted by Crippen LogP contribution is -1.97. The van der Waals surface area contributed by atoms with Gasteiger partial charge in [0.05, 0.1) is 10.6 Å². The van der Waals surface area contributed by atoms with E-state index in [9.17, 15) is 10.1 Å². The molecule has 0 spiro atoms. The van der Waals surface area contributed by atoms with Crippen LogP contribution in [0.15, 0.2) is 58.1 Å². The molecule has 2 aromatic rings. The molecule has 5 nitrogen and oxygen atoms in total. The number of halogens is 2. The number of rotatable bonds is 4. The van der Waals surface area contributed by atoms with E-state index in [1.165, 1.54) is 12.1 Å². The summed E-state index contributed by atoms with van der Waals surface area (Å²) < 4.78 is 1.59. The molecule has 0 unspecified atom stereocenters. The van der Waals surface area contributed by atoms with Crippen molar-refractivity contribution in [1.82, 2.24) is 0 Å². The van der Waals surface area contributed by atoms with Gasteiger partial charge in [0, 0.05) is 22.2 Å². The zero-order valence-electron chi connectivity index (χ0n) is 10.1. The minimum atomic E-state index is -0.440. The molecule has 2 aromatic carbocycles. The Morgan fingerprint density at radius 3 is 2.50 bits per heavy atom. The van der Waals surface area contributed by atoms with Crippen molar-refractivity contribution in [3.8, 4) is 0 Å². The van der Waals surface area contributed by atoms with Gasteiger partial charge in [-0.25, -0.2) is 0 Å². The summed E-state index contributed by atoms with van der Waals surface area (Å²) in [4.78, 5) is 10.1. The number of non-ortho nitro benzene ring substituents is 1. The van der Waals surface area contributed by atoms with Gasteiger partial charge in [0.2, 0.25) is 0 Å². The van der Waals surface area contributed by atoms with Gasteiger partial charge >= 0.3 is 0 Å². The molecular formula is C13H9Br2N3O2. The molecule has 0 bridgehead atoms. The molecule has 0 aliphatic rings. The molecule has 0 saturated heterocycles. The summed E-state index contributed by atoms with van der Waals surface area (Å²) in [7, 11) is 0. The Hall–Kier alpha value is -1.73. The Labute approximate surface area is 132 Å². The number of hydrazone groups is 1. The fourth-order valence-electron chi connectivity index (χ4n) is 1.45. The molecule has 1 N–H and O–H groups in total. The van der Waals surface area contributed by atoms with Gasteiger partial charge in [-0.15, -0.1) is 0 Å². The van der Waals surface area contributed by atoms with E-state index in [2.05, 4.69) is 42.4 Å². The summed E-state index contributed by atoms with van der Waals surface area (Å²) in [6, 6.07) is 13.7. The maximum atomic E-state index is 10.5. The molecule has 0 aliphatic carbocycles. The first-order valence-electron chi connectivity index (χ1n) is 5.56. The number of nitrogens with zero attached hydrogens (tertiary/aromatic N) is 2. The molecule has 7 heteroatoms. The highest BCUT2D eigenvalue weighted by Gasteiger charge is 2.04. The maximum Gasteiger partial charge on any atom is 0.269 e. The Morgan fingerprint density at radius 2 is 1.90 bits per heavy atom. The second-order valence-corrected chi connectivity index (χ2v) is 5.50. The molecule has 0 amide bonds. The lowest BCUT2D eigenvalue weighted by molar-refractivity contribution is -0.384. The number of benzene rings is 2. The summed E-state index contributed by atoms with van der Waals surface area (Å²) >= 11 is 6.76. The molecule has 0 saturated carbocycles. The predicted molar refractivity (Wildman–Crippen MR) is 86.3 cm³/mol. The van der Waals surface area contributed by atoms with E-state index < -0.39 is 4.92 Å². The molecule has 0 radical (unpaired) electrons. The van der Waals surface area contributed by atoms with Crippen LogP contribution in [-0.2, 0) is 0 Å². The van der Waals surface area contributed by atoms with Crippen LogP contribution in [0.4, 0.5) is 11.4 Å². The molecule has 20 heavy (non-hydrogen) atoms. The van der Waals surface area contributed by atoms with Crippen LogP contribution < -0.4 is 5.43 Å². The van der Waals surface area contributed by atoms with Gasteiger partial charge in [0.1, 0.15) is 4.62 Å². The van der Waals surface area contributed by atoms with Crippen LogP contribution in [0.2, 0.25) is 0 Å². The van der Waals surface area contributed by atoms with Crippen molar-refractivity contribution in [2.45, 2.75) is 0 Å². The molecule has 0 fully saturated rings. The van der Waals surface area contributed by atoms with Crippen molar-refractivity contribution < 1.29 is 4.92 Å². The smallest absolute Gasteiger partial charge is 0.269 e. The Balaban J connectivity index is 2.10. The van der Waals surface area contributed by atoms with Crippen LogP contribution in [0.1, 0.15) is 5.56 Å². The first-order chi connectivity index (χ1) is 9.56. The molecule has 102 valence electrons. The Morgan fingerprint density at radius 1 is 1.20 bits per heavy atom. The van der Waals surface area contributed by atoms with E-state index in [-0.39, 0.29) is 5.69 Å². The van der Waals surface area contributed by atoms with Gasteiger partial charge in [-0.3, -0.25) is 15.5 Å². The molecule has 0 aromatic heterocycles. The minimum absolute atomic E-state index is 0.0468. The van der Waals surface area contributed by atoms with E-state index >= 15 is 0 Å². The molecule has 0 atom stereocenters. The number of nitrogens with one attached hydrogen (secondary N) is 1. The van der Waals surface area contributed by atoms with Gasteiger partial charge in [0.15, 0.2) is 0 Å². The number of hydrogen-bond donors (Lipinski definition) is 1. The van der Waals surface area contributed by atoms with E-state index in [4.69, 9.17) is 0 Å². The Bertz CT molecular complexity index is 657. The third-order valence-electron chi connectivity index (χ3n) is 2.42. The zero-order valence-corrected chi connectivity index (χ0v) is 13.3. The number of hydrogen-bond acceptors (Lipinski definition) is 4. The van der Waals surface area contributed by atoms with Crippen molar-refractivity contribution >= 4 is 47.9 Å². The van der Waals surface area contributed by atoms with Crippen LogP contribution in [0.25, 0.3) is 0 Å². The summed E-state index contributed by atoms with van der Waals surface area (Å²) in [5, 5.41) is 14.7. The largest absolute Gasteiger partial charge is 0.277 e. The first-order valence-corrected chi connectivity index (χ1v) is 7.14. The standard InChI is InChI=1S/C13H9Br2N3O2/c14-10-3-1-2-9(8-10)13(15)17-16-11-4-6-12(7-5-11)18(19)20/h1-8,16H/b17-13-. The number of anilines is 1. The van der Waals surface area contributed by atoms with E-state index in [1.54, 1.807) is 12.1 Å². The lowest BCUT2D eigenvalue weighted by atomic mass is 10.2. The molecular weight excluding hydrogens is 390 g/mol. The van der Waals surface area contributed by atoms with Crippen LogP contribution >= 0.6 is 31.9 Å². The lowest BCUT2D eigenvalue weighted by Gasteiger charge is -2.02. The fourth-order valence-corrected chi connectivity index (χ4v) is 2.19. The average Bonchev–Trinajstić information content (AvgIpc) is 2.45. The molecule has 2 rings (SSSR count). The zero-order chi connectivity index (χ0) is 14.5. The topological polar surface area (TPSA) is 67.5 Å². The highest BCUT2D eigenvalue weighted by molar-refractivity contribution is 9.18. The fraction of sp³-hybridized carbons (Fsp3) is 0. The summed E-state index contributed by atoms with van der Waals surface area (Å²) in [5.74, 6) is 0. The predicted octanol–water partition coefficient (Wildman–Crippen LogP) is 4.53. The van der Waals surface area contributed by atoms with E-state index in [0.717, 1.165) is 10.0 Å². The van der Waals surface area contributed by atoms with Gasteiger partial charge < -0.3 is 0 Å². The van der Waals surface area contributed by atoms with Crippen LogP contribution in [0, 0.1) is 10.1 Å². The van der Waals surface area contributed by atoms with Crippen molar-refractivity contribution in [3.05, 3.63) is 68.7 Å². The highest BCUT2D eigenvalue weighted by Crippen LogP contribution is 2.17. The van der Waals surface area contributed by atoms with E-state index in [1.807, 2.05) is 24.3 Å². The van der Waals surface area contributed by atoms with Crippen LogP contribution in [0.5, 0.6) is 0 Å². The van der Waals surface area contributed by atoms with Crippen molar-refractivity contribution in [3.63, 3.8) is 0 Å². The van der Waals surface area contributed by atoms with Gasteiger partial charge in [-0.1, -0.05) is 28.1 Å². The molecule has 0 aliphatic heterocycles. The summed E-state index contributed by atoms with van der Waals surface area (Å²) in [5.41, 5.74) is 4.46. The number of nitro benzene ring substituents is 1. The third kappa shape index (κ3) is 3.88. The monoisotopic (exact) mass is 397 g/mol. The second kappa shape index (κ2) is 6.62. The average molecular weight is 399 g/mol.